The van der Waals surface area contributed by atoms with E-state index >= 15 is 0 Å². The van der Waals surface area contributed by atoms with Gasteiger partial charge in [-0.25, -0.2) is 35.1 Å². The van der Waals surface area contributed by atoms with Gasteiger partial charge in [0.15, 0.2) is 0 Å². The highest BCUT2D eigenvalue weighted by Crippen LogP contribution is 2.58. The summed E-state index contributed by atoms with van der Waals surface area (Å²) in [6.45, 7) is 1.12. The van der Waals surface area contributed by atoms with Crippen molar-refractivity contribution in [2.75, 3.05) is 25.7 Å². The SMILES string of the molecule is CS(=O)(=O)NC(=O)c1cc(C2CC2)c(OCC2CCC3(CC2)CC3)cc1F.CS(=O)(=O)NC(=O)c1ccc(OCC2CCC3(CC2)CC3)cc1F. The molecule has 2 aromatic carbocycles. The molecule has 0 radical (unpaired) electrons. The predicted molar refractivity (Wildman–Crippen MR) is 188 cm³/mol. The quantitative estimate of drug-likeness (QED) is 0.261. The fourth-order valence-electron chi connectivity index (χ4n) is 7.49. The molecule has 5 aliphatic carbocycles. The van der Waals surface area contributed by atoms with Crippen molar-refractivity contribution in [1.82, 2.24) is 9.44 Å². The fourth-order valence-corrected chi connectivity index (χ4v) is 8.38. The molecular formula is C37H48F2N2O8S2. The van der Waals surface area contributed by atoms with Gasteiger partial charge >= 0.3 is 0 Å². The Kier molecular flexibility index (Phi) is 10.8. The Bertz CT molecular complexity index is 1850. The van der Waals surface area contributed by atoms with Crippen LogP contribution in [-0.4, -0.2) is 54.4 Å². The number of amides is 2. The number of hydrogen-bond acceptors (Lipinski definition) is 8. The van der Waals surface area contributed by atoms with Crippen molar-refractivity contribution in [3.8, 4) is 11.5 Å². The minimum absolute atomic E-state index is 0.247. The van der Waals surface area contributed by atoms with Crippen LogP contribution in [0.1, 0.15) is 122 Å². The highest BCUT2D eigenvalue weighted by atomic mass is 32.2. The number of carbonyl (C=O) groups excluding carboxylic acids is 2. The number of hydrogen-bond donors (Lipinski definition) is 2. The van der Waals surface area contributed by atoms with E-state index in [1.54, 1.807) is 4.72 Å². The van der Waals surface area contributed by atoms with Crippen LogP contribution in [0, 0.1) is 34.3 Å². The Morgan fingerprint density at radius 3 is 1.59 bits per heavy atom. The Morgan fingerprint density at radius 1 is 0.667 bits per heavy atom. The molecule has 5 fully saturated rings. The zero-order chi connectivity index (χ0) is 36.6. The Hall–Kier alpha value is -3.26. The molecule has 2 spiro atoms. The zero-order valence-electron chi connectivity index (χ0n) is 29.3. The number of rotatable bonds is 11. The molecule has 2 amide bonds. The van der Waals surface area contributed by atoms with Crippen LogP contribution in [0.4, 0.5) is 8.78 Å². The monoisotopic (exact) mass is 750 g/mol. The first-order valence-corrected chi connectivity index (χ1v) is 21.7. The highest BCUT2D eigenvalue weighted by molar-refractivity contribution is 7.89. The molecule has 0 aliphatic heterocycles. The number of nitrogens with one attached hydrogen (secondary N) is 2. The summed E-state index contributed by atoms with van der Waals surface area (Å²) in [4.78, 5) is 23.8. The number of carbonyl (C=O) groups is 2. The van der Waals surface area contributed by atoms with Gasteiger partial charge in [0.1, 0.15) is 23.1 Å². The van der Waals surface area contributed by atoms with Gasteiger partial charge < -0.3 is 9.47 Å². The second-order valence-electron chi connectivity index (χ2n) is 15.7. The average Bonchev–Trinajstić information content (AvgIpc) is 3.94. The molecule has 0 heterocycles. The Labute approximate surface area is 299 Å². The second kappa shape index (κ2) is 14.6. The van der Waals surface area contributed by atoms with Crippen molar-refractivity contribution in [2.24, 2.45) is 22.7 Å². The average molecular weight is 751 g/mol. The normalized spacial score (nSPS) is 22.0. The third kappa shape index (κ3) is 10.4. The molecule has 0 unspecified atom stereocenters. The van der Waals surface area contributed by atoms with E-state index in [1.165, 1.54) is 75.6 Å². The molecule has 5 saturated carbocycles. The van der Waals surface area contributed by atoms with E-state index in [1.807, 2.05) is 4.72 Å². The van der Waals surface area contributed by atoms with Crippen LogP contribution >= 0.6 is 0 Å². The lowest BCUT2D eigenvalue weighted by molar-refractivity contribution is 0.0968. The standard InChI is InChI=1S/C20H26FNO4S.C17H22FNO4S/c1-27(24,25)22-19(23)16-10-15(14-2-3-14)18(11-17(16)21)26-12-13-4-6-20(7-5-13)8-9-20;1-24(21,22)19-16(20)14-3-2-13(10-15(14)18)23-11-12-4-6-17(7-5-12)8-9-17/h10-11,13-14H,2-9,12H2,1H3,(H,22,23);2-3,10,12H,4-9,11H2,1H3,(H,19,20). The first-order chi connectivity index (χ1) is 24.0. The zero-order valence-corrected chi connectivity index (χ0v) is 30.9. The van der Waals surface area contributed by atoms with E-state index in [2.05, 4.69) is 0 Å². The van der Waals surface area contributed by atoms with E-state index in [0.29, 0.717) is 47.4 Å². The minimum atomic E-state index is -3.74. The summed E-state index contributed by atoms with van der Waals surface area (Å²) in [5.74, 6) is -1.37. The molecular weight excluding hydrogens is 703 g/mol. The van der Waals surface area contributed by atoms with Crippen molar-refractivity contribution < 1.29 is 44.7 Å². The summed E-state index contributed by atoms with van der Waals surface area (Å²) in [5, 5.41) is 0. The van der Waals surface area contributed by atoms with E-state index in [4.69, 9.17) is 9.47 Å². The van der Waals surface area contributed by atoms with Gasteiger partial charge in [0.2, 0.25) is 20.0 Å². The van der Waals surface area contributed by atoms with Gasteiger partial charge in [0.25, 0.3) is 11.8 Å². The molecule has 2 aromatic rings. The first kappa shape index (κ1) is 37.5. The van der Waals surface area contributed by atoms with E-state index in [9.17, 15) is 35.2 Å². The summed E-state index contributed by atoms with van der Waals surface area (Å²) < 4.78 is 88.4. The van der Waals surface area contributed by atoms with Crippen molar-refractivity contribution >= 4 is 31.9 Å². The highest BCUT2D eigenvalue weighted by Gasteiger charge is 2.45. The van der Waals surface area contributed by atoms with Crippen LogP contribution in [0.2, 0.25) is 0 Å². The molecule has 5 aliphatic rings. The molecule has 51 heavy (non-hydrogen) atoms. The summed E-state index contributed by atoms with van der Waals surface area (Å²) in [6.07, 6.45) is 18.8. The summed E-state index contributed by atoms with van der Waals surface area (Å²) >= 11 is 0. The van der Waals surface area contributed by atoms with E-state index in [0.717, 1.165) is 62.7 Å². The summed E-state index contributed by atoms with van der Waals surface area (Å²) in [5.41, 5.74) is 1.52. The number of ether oxygens (including phenoxy) is 2. The van der Waals surface area contributed by atoms with Crippen molar-refractivity contribution in [3.05, 3.63) is 58.7 Å². The molecule has 0 bridgehead atoms. The van der Waals surface area contributed by atoms with Crippen LogP contribution in [0.15, 0.2) is 30.3 Å². The van der Waals surface area contributed by atoms with Crippen molar-refractivity contribution in [3.63, 3.8) is 0 Å². The molecule has 7 rings (SSSR count). The third-order valence-corrected chi connectivity index (χ3v) is 12.4. The lowest BCUT2D eigenvalue weighted by atomic mass is 9.80. The fraction of sp³-hybridized carbons (Fsp3) is 0.622. The van der Waals surface area contributed by atoms with Gasteiger partial charge in [-0.15, -0.1) is 0 Å². The molecule has 14 heteroatoms. The minimum Gasteiger partial charge on any atom is -0.493 e. The van der Waals surface area contributed by atoms with Gasteiger partial charge in [-0.2, -0.15) is 0 Å². The topological polar surface area (TPSA) is 145 Å². The van der Waals surface area contributed by atoms with E-state index in [-0.39, 0.29) is 17.0 Å². The second-order valence-corrected chi connectivity index (χ2v) is 19.2. The lowest BCUT2D eigenvalue weighted by Crippen LogP contribution is -2.30. The predicted octanol–water partition coefficient (Wildman–Crippen LogP) is 6.61. The molecule has 10 nitrogen and oxygen atoms in total. The van der Waals surface area contributed by atoms with Crippen LogP contribution < -0.4 is 18.9 Å². The Morgan fingerprint density at radius 2 is 1.14 bits per heavy atom. The van der Waals surface area contributed by atoms with Gasteiger partial charge in [-0.3, -0.25) is 9.59 Å². The Balaban J connectivity index is 0.000000177. The van der Waals surface area contributed by atoms with Gasteiger partial charge in [0.05, 0.1) is 36.9 Å². The van der Waals surface area contributed by atoms with E-state index < -0.39 is 43.5 Å². The van der Waals surface area contributed by atoms with Gasteiger partial charge in [-0.1, -0.05) is 0 Å². The van der Waals surface area contributed by atoms with Gasteiger partial charge in [-0.05, 0) is 142 Å². The lowest BCUT2D eigenvalue weighted by Gasteiger charge is -2.28. The molecule has 0 aromatic heterocycles. The maximum Gasteiger partial charge on any atom is 0.267 e. The maximum atomic E-state index is 14.5. The number of sulfonamides is 2. The van der Waals surface area contributed by atoms with Crippen LogP contribution in [0.25, 0.3) is 0 Å². The van der Waals surface area contributed by atoms with Crippen molar-refractivity contribution in [1.29, 1.82) is 0 Å². The summed E-state index contributed by atoms with van der Waals surface area (Å²) in [7, 11) is -7.47. The molecule has 0 atom stereocenters. The van der Waals surface area contributed by atoms with Crippen LogP contribution in [0.5, 0.6) is 11.5 Å². The molecule has 280 valence electrons. The van der Waals surface area contributed by atoms with Gasteiger partial charge in [0, 0.05) is 12.1 Å². The number of benzene rings is 2. The van der Waals surface area contributed by atoms with Crippen LogP contribution in [-0.2, 0) is 20.0 Å². The van der Waals surface area contributed by atoms with Crippen molar-refractivity contribution in [2.45, 2.75) is 95.8 Å². The number of halogens is 2. The summed E-state index contributed by atoms with van der Waals surface area (Å²) in [6, 6.07) is 6.57. The maximum absolute atomic E-state index is 14.5. The molecule has 0 saturated heterocycles. The largest absolute Gasteiger partial charge is 0.493 e. The smallest absolute Gasteiger partial charge is 0.267 e. The first-order valence-electron chi connectivity index (χ1n) is 17.9. The van der Waals surface area contributed by atoms with Crippen LogP contribution in [0.3, 0.4) is 0 Å². The molecule has 2 N–H and O–H groups in total. The third-order valence-electron chi connectivity index (χ3n) is 11.3.